The predicted molar refractivity (Wildman–Crippen MR) is 211 cm³/mol. The van der Waals surface area contributed by atoms with E-state index in [2.05, 4.69) is 49.5 Å². The minimum absolute atomic E-state index is 0.0504. The van der Waals surface area contributed by atoms with Crippen molar-refractivity contribution in [3.05, 3.63) is 71.4 Å². The SMILES string of the molecule is C/C=C(/C)CCc1ccc(Cl)cc1OC.C=CN.CC.CC.CC(C)OC(=O)N1CCNC[C@H]1C(=O)N1CCC[C@@H](C)C1.Cc1cn(C)cn1. The minimum Gasteiger partial charge on any atom is -0.496 e. The van der Waals surface area contributed by atoms with Crippen LogP contribution >= 0.6 is 11.6 Å². The lowest BCUT2D eigenvalue weighted by molar-refractivity contribution is -0.139. The summed E-state index contributed by atoms with van der Waals surface area (Å²) >= 11 is 5.89. The number of nitrogens with zero attached hydrogens (tertiary/aromatic N) is 4. The molecule has 3 heterocycles. The third-order valence-corrected chi connectivity index (χ3v) is 7.67. The number of methoxy groups -OCH3 is 1. The fourth-order valence-corrected chi connectivity index (χ4v) is 5.12. The zero-order valence-corrected chi connectivity index (χ0v) is 34.0. The lowest BCUT2D eigenvalue weighted by Crippen LogP contribution is -2.61. The molecule has 4 rings (SSSR count). The first-order chi connectivity index (χ1) is 23.9. The van der Waals surface area contributed by atoms with Crippen LogP contribution in [0.4, 0.5) is 4.79 Å². The van der Waals surface area contributed by atoms with Gasteiger partial charge in [0.15, 0.2) is 0 Å². The fourth-order valence-electron chi connectivity index (χ4n) is 4.96. The van der Waals surface area contributed by atoms with Gasteiger partial charge in [-0.1, -0.05) is 70.5 Å². The number of imidazole rings is 1. The summed E-state index contributed by atoms with van der Waals surface area (Å²) in [5.41, 5.74) is 8.29. The molecule has 2 amide bonds. The molecular formula is C39H69ClN6O4. The maximum atomic E-state index is 12.7. The van der Waals surface area contributed by atoms with Gasteiger partial charge in [0.1, 0.15) is 11.8 Å². The van der Waals surface area contributed by atoms with E-state index in [-0.39, 0.29) is 18.1 Å². The van der Waals surface area contributed by atoms with Gasteiger partial charge in [-0.05, 0) is 90.1 Å². The van der Waals surface area contributed by atoms with Gasteiger partial charge in [0.05, 0.1) is 25.2 Å². The van der Waals surface area contributed by atoms with E-state index in [1.807, 2.05) is 89.4 Å². The number of carbonyl (C=O) groups excluding carboxylic acids is 2. The van der Waals surface area contributed by atoms with Gasteiger partial charge in [0, 0.05) is 51.0 Å². The van der Waals surface area contributed by atoms with Crippen LogP contribution in [0, 0.1) is 12.8 Å². The van der Waals surface area contributed by atoms with Crippen molar-refractivity contribution in [2.75, 3.05) is 39.8 Å². The number of ether oxygens (including phenoxy) is 2. The standard InChI is InChI=1S/C15H27N3O3.C13H17ClO.C5H8N2.C2H5N.2C2H6/c1-11(2)21-15(20)18-8-6-16-9-13(18)14(19)17-7-4-5-12(3)10-17;1-4-10(2)5-6-11-7-8-12(14)9-13(11)15-3;1-5-3-7(2)4-6-5;1-2-3;2*1-2/h11-13,16H,4-10H2,1-3H3;4,7-9H,5-6H2,1-3H3;3-4H,1-2H3;2H,1,3H2;2*1-2H3/b;10-4-;;;;/t12-,13+;;;;;/m1...../s1. The van der Waals surface area contributed by atoms with E-state index in [0.29, 0.717) is 25.6 Å². The molecular weight excluding hydrogens is 652 g/mol. The molecule has 1 aromatic heterocycles. The summed E-state index contributed by atoms with van der Waals surface area (Å²) in [4.78, 5) is 32.4. The highest BCUT2D eigenvalue weighted by Crippen LogP contribution is 2.25. The molecule has 2 fully saturated rings. The molecule has 2 saturated heterocycles. The lowest BCUT2D eigenvalue weighted by atomic mass is 9.99. The van der Waals surface area contributed by atoms with Gasteiger partial charge in [-0.2, -0.15) is 0 Å². The van der Waals surface area contributed by atoms with Crippen molar-refractivity contribution < 1.29 is 19.1 Å². The van der Waals surface area contributed by atoms with E-state index in [1.165, 1.54) is 23.8 Å². The largest absolute Gasteiger partial charge is 0.496 e. The number of likely N-dealkylation sites (tertiary alicyclic amines) is 1. The van der Waals surface area contributed by atoms with Crippen LogP contribution in [-0.4, -0.2) is 83.3 Å². The number of nitrogens with two attached hydrogens (primary N) is 1. The molecule has 1 aromatic carbocycles. The maximum Gasteiger partial charge on any atom is 0.410 e. The average molecular weight is 721 g/mol. The molecule has 0 bridgehead atoms. The summed E-state index contributed by atoms with van der Waals surface area (Å²) in [6.45, 7) is 26.5. The first-order valence-corrected chi connectivity index (χ1v) is 18.4. The van der Waals surface area contributed by atoms with Crippen LogP contribution < -0.4 is 15.8 Å². The number of aryl methyl sites for hydroxylation is 3. The first-order valence-electron chi connectivity index (χ1n) is 18.0. The Hall–Kier alpha value is -3.50. The molecule has 11 heteroatoms. The minimum atomic E-state index is -0.435. The van der Waals surface area contributed by atoms with Crippen molar-refractivity contribution >= 4 is 23.6 Å². The van der Waals surface area contributed by atoms with Crippen LogP contribution in [0.5, 0.6) is 5.75 Å². The molecule has 2 atom stereocenters. The number of benzene rings is 1. The number of piperidine rings is 1. The third-order valence-electron chi connectivity index (χ3n) is 7.43. The van der Waals surface area contributed by atoms with Gasteiger partial charge >= 0.3 is 6.09 Å². The molecule has 2 aliphatic heterocycles. The predicted octanol–water partition coefficient (Wildman–Crippen LogP) is 8.18. The van der Waals surface area contributed by atoms with Crippen LogP contribution in [0.15, 0.2) is 55.2 Å². The summed E-state index contributed by atoms with van der Waals surface area (Å²) in [7, 11) is 3.64. The molecule has 3 N–H and O–H groups in total. The van der Waals surface area contributed by atoms with Crippen molar-refractivity contribution in [1.82, 2.24) is 24.7 Å². The second-order valence-electron chi connectivity index (χ2n) is 11.9. The van der Waals surface area contributed by atoms with Crippen molar-refractivity contribution in [1.29, 1.82) is 0 Å². The molecule has 10 nitrogen and oxygen atoms in total. The van der Waals surface area contributed by atoms with Crippen molar-refractivity contribution in [2.45, 2.75) is 107 Å². The number of hydrogen-bond acceptors (Lipinski definition) is 7. The number of carbonyl (C=O) groups is 2. The molecule has 0 unspecified atom stereocenters. The van der Waals surface area contributed by atoms with Gasteiger partial charge in [0.25, 0.3) is 0 Å². The van der Waals surface area contributed by atoms with Gasteiger partial charge in [-0.3, -0.25) is 9.69 Å². The van der Waals surface area contributed by atoms with Crippen molar-refractivity contribution in [2.24, 2.45) is 18.7 Å². The van der Waals surface area contributed by atoms with Crippen LogP contribution in [0.2, 0.25) is 5.02 Å². The van der Waals surface area contributed by atoms with Crippen LogP contribution in [0.25, 0.3) is 0 Å². The molecule has 286 valence electrons. The van der Waals surface area contributed by atoms with E-state index in [9.17, 15) is 9.59 Å². The van der Waals surface area contributed by atoms with E-state index < -0.39 is 6.04 Å². The van der Waals surface area contributed by atoms with Crippen LogP contribution in [0.3, 0.4) is 0 Å². The highest BCUT2D eigenvalue weighted by molar-refractivity contribution is 6.30. The monoisotopic (exact) mass is 721 g/mol. The molecule has 50 heavy (non-hydrogen) atoms. The number of amides is 2. The highest BCUT2D eigenvalue weighted by Gasteiger charge is 2.36. The van der Waals surface area contributed by atoms with E-state index in [4.69, 9.17) is 21.1 Å². The second kappa shape index (κ2) is 29.3. The molecule has 2 aromatic rings. The number of rotatable bonds is 6. The Balaban J connectivity index is 0. The Morgan fingerprint density at radius 1 is 1.20 bits per heavy atom. The Labute approximate surface area is 309 Å². The topological polar surface area (TPSA) is 115 Å². The Morgan fingerprint density at radius 2 is 1.84 bits per heavy atom. The Morgan fingerprint density at radius 3 is 2.32 bits per heavy atom. The second-order valence-corrected chi connectivity index (χ2v) is 12.3. The van der Waals surface area contributed by atoms with Crippen molar-refractivity contribution in [3.63, 3.8) is 0 Å². The fraction of sp³-hybridized carbons (Fsp3) is 0.615. The van der Waals surface area contributed by atoms with Crippen molar-refractivity contribution in [3.8, 4) is 5.75 Å². The quantitative estimate of drug-likeness (QED) is 0.289. The maximum absolute atomic E-state index is 12.7. The van der Waals surface area contributed by atoms with E-state index in [0.717, 1.165) is 48.8 Å². The molecule has 2 aliphatic rings. The van der Waals surface area contributed by atoms with E-state index in [1.54, 1.807) is 18.3 Å². The number of halogens is 1. The average Bonchev–Trinajstić information content (AvgIpc) is 3.51. The summed E-state index contributed by atoms with van der Waals surface area (Å²) in [5.74, 6) is 1.47. The van der Waals surface area contributed by atoms with Gasteiger partial charge in [0.2, 0.25) is 5.91 Å². The number of aromatic nitrogens is 2. The molecule has 0 aliphatic carbocycles. The number of allylic oxidation sites excluding steroid dienone is 2. The summed E-state index contributed by atoms with van der Waals surface area (Å²) in [5, 5.41) is 3.93. The Kier molecular flexibility index (Phi) is 28.4. The van der Waals surface area contributed by atoms with Gasteiger partial charge < -0.3 is 30.0 Å². The van der Waals surface area contributed by atoms with E-state index >= 15 is 0 Å². The number of hydrogen-bond donors (Lipinski definition) is 2. The highest BCUT2D eigenvalue weighted by atomic mass is 35.5. The third kappa shape index (κ3) is 20.2. The molecule has 0 saturated carbocycles. The lowest BCUT2D eigenvalue weighted by Gasteiger charge is -2.39. The summed E-state index contributed by atoms with van der Waals surface area (Å²) in [6, 6.07) is 5.37. The zero-order chi connectivity index (χ0) is 38.6. The van der Waals surface area contributed by atoms with Crippen LogP contribution in [-0.2, 0) is 23.0 Å². The van der Waals surface area contributed by atoms with Gasteiger partial charge in [-0.25, -0.2) is 9.78 Å². The first kappa shape index (κ1) is 48.6. The normalized spacial score (nSPS) is 16.6. The van der Waals surface area contributed by atoms with Gasteiger partial charge in [-0.15, -0.1) is 0 Å². The molecule has 0 spiro atoms. The summed E-state index contributed by atoms with van der Waals surface area (Å²) < 4.78 is 12.5. The molecule has 0 radical (unpaired) electrons. The number of nitrogens with one attached hydrogen (secondary N) is 1. The zero-order valence-electron chi connectivity index (χ0n) is 33.2. The summed E-state index contributed by atoms with van der Waals surface area (Å²) in [6.07, 6.45) is 10.9. The van der Waals surface area contributed by atoms with Crippen LogP contribution in [0.1, 0.15) is 92.8 Å². The Bertz CT molecular complexity index is 1220. The smallest absolute Gasteiger partial charge is 0.410 e. The number of piperazine rings is 1.